The molecule has 0 bridgehead atoms. The molecule has 2 aromatic carbocycles. The van der Waals surface area contributed by atoms with E-state index in [2.05, 4.69) is 62.6 Å². The predicted octanol–water partition coefficient (Wildman–Crippen LogP) is 3.71. The Morgan fingerprint density at radius 2 is 1.18 bits per heavy atom. The van der Waals surface area contributed by atoms with Gasteiger partial charge in [0.2, 0.25) is 18.3 Å². The topological polar surface area (TPSA) is 24.7 Å². The summed E-state index contributed by atoms with van der Waals surface area (Å²) in [5.41, 5.74) is 4.84. The van der Waals surface area contributed by atoms with Crippen LogP contribution < -0.4 is 8.97 Å². The summed E-state index contributed by atoms with van der Waals surface area (Å²) in [4.78, 5) is 9.80. The lowest BCUT2D eigenvalue weighted by atomic mass is 10.1. The average Bonchev–Trinajstić information content (AvgIpc) is 2.95. The Labute approximate surface area is 129 Å². The number of aliphatic imine (C=N–C) groups is 2. The van der Waals surface area contributed by atoms with Crippen molar-refractivity contribution in [1.29, 1.82) is 0 Å². The predicted molar refractivity (Wildman–Crippen MR) is 92.0 cm³/mol. The van der Waals surface area contributed by atoms with Crippen molar-refractivity contribution in [2.75, 3.05) is 20.8 Å². The molecule has 108 valence electrons. The maximum absolute atomic E-state index is 4.90. The minimum atomic E-state index is 0.792. The Bertz CT molecular complexity index is 811. The number of fused-ring (bicyclic) bond motifs is 6. The van der Waals surface area contributed by atoms with Gasteiger partial charge in [0, 0.05) is 12.1 Å². The van der Waals surface area contributed by atoms with E-state index in [0.29, 0.717) is 0 Å². The van der Waals surface area contributed by atoms with Gasteiger partial charge in [0.05, 0.1) is 14.1 Å². The van der Waals surface area contributed by atoms with Crippen molar-refractivity contribution in [2.45, 2.75) is 6.42 Å². The molecule has 0 amide bonds. The summed E-state index contributed by atoms with van der Waals surface area (Å²) in [6.45, 7) is 0.936. The third-order valence-corrected chi connectivity index (χ3v) is 5.35. The highest BCUT2D eigenvalue weighted by Crippen LogP contribution is 2.48. The standard InChI is InChI=1S/C18H18N4/c1-21-12-22(2)16-10-6-4-8-14(16)20-18(22)11-17(21)19-13-7-3-5-9-15(13)21/h3-10H,11-12H2,1-2H3/q+2. The molecular weight excluding hydrogens is 272 g/mol. The molecule has 5 rings (SSSR count). The van der Waals surface area contributed by atoms with Gasteiger partial charge in [0.1, 0.15) is 17.8 Å². The van der Waals surface area contributed by atoms with Gasteiger partial charge in [-0.25, -0.2) is 0 Å². The molecule has 0 spiro atoms. The minimum Gasteiger partial charge on any atom is -0.200 e. The number of nitrogens with zero attached hydrogens (tertiary/aromatic N) is 4. The van der Waals surface area contributed by atoms with Crippen LogP contribution in [0.4, 0.5) is 22.7 Å². The molecule has 3 aliphatic heterocycles. The van der Waals surface area contributed by atoms with Crippen LogP contribution in [0.2, 0.25) is 0 Å². The van der Waals surface area contributed by atoms with Crippen molar-refractivity contribution in [3.63, 3.8) is 0 Å². The minimum absolute atomic E-state index is 0.792. The summed E-state index contributed by atoms with van der Waals surface area (Å²) in [5, 5.41) is 0. The molecule has 3 aliphatic rings. The monoisotopic (exact) mass is 290 g/mol. The number of rotatable bonds is 0. The van der Waals surface area contributed by atoms with E-state index in [0.717, 1.165) is 33.4 Å². The van der Waals surface area contributed by atoms with Crippen molar-refractivity contribution in [2.24, 2.45) is 9.98 Å². The van der Waals surface area contributed by atoms with Crippen molar-refractivity contribution in [3.05, 3.63) is 48.5 Å². The number of hydrogen-bond acceptors (Lipinski definition) is 2. The quantitative estimate of drug-likeness (QED) is 0.661. The van der Waals surface area contributed by atoms with E-state index >= 15 is 0 Å². The van der Waals surface area contributed by atoms with E-state index in [-0.39, 0.29) is 0 Å². The van der Waals surface area contributed by atoms with Gasteiger partial charge in [-0.15, -0.1) is 0 Å². The van der Waals surface area contributed by atoms with Crippen molar-refractivity contribution in [1.82, 2.24) is 8.97 Å². The first-order chi connectivity index (χ1) is 10.6. The van der Waals surface area contributed by atoms with Crippen LogP contribution in [0.5, 0.6) is 0 Å². The van der Waals surface area contributed by atoms with E-state index < -0.39 is 0 Å². The van der Waals surface area contributed by atoms with Crippen LogP contribution in [0.3, 0.4) is 0 Å². The Hall–Kier alpha value is -2.30. The Morgan fingerprint density at radius 3 is 1.68 bits per heavy atom. The highest BCUT2D eigenvalue weighted by molar-refractivity contribution is 6.19. The SMILES string of the molecule is C[N+]12C[N+]3(C)C(=Nc4ccccc43)CC1=Nc1ccccc12. The zero-order valence-electron chi connectivity index (χ0n) is 12.8. The number of para-hydroxylation sites is 4. The smallest absolute Gasteiger partial charge is 0.200 e. The van der Waals surface area contributed by atoms with Gasteiger partial charge < -0.3 is 0 Å². The van der Waals surface area contributed by atoms with Crippen molar-refractivity contribution < 1.29 is 0 Å². The highest BCUT2D eigenvalue weighted by atomic mass is 15.6. The van der Waals surface area contributed by atoms with Crippen LogP contribution >= 0.6 is 0 Å². The summed E-state index contributed by atoms with van der Waals surface area (Å²) in [6, 6.07) is 17.0. The molecule has 4 heteroatoms. The molecule has 2 aromatic rings. The third-order valence-electron chi connectivity index (χ3n) is 5.35. The molecule has 0 radical (unpaired) electrons. The first-order valence-electron chi connectivity index (χ1n) is 7.68. The van der Waals surface area contributed by atoms with Gasteiger partial charge in [-0.05, 0) is 12.1 Å². The summed E-state index contributed by atoms with van der Waals surface area (Å²) in [5.74, 6) is 2.42. The van der Waals surface area contributed by atoms with E-state index in [1.54, 1.807) is 0 Å². The third kappa shape index (κ3) is 1.30. The Balaban J connectivity index is 1.72. The van der Waals surface area contributed by atoms with Gasteiger partial charge in [0.25, 0.3) is 0 Å². The second-order valence-corrected chi connectivity index (χ2v) is 6.73. The van der Waals surface area contributed by atoms with Crippen molar-refractivity contribution >= 4 is 34.4 Å². The van der Waals surface area contributed by atoms with Crippen LogP contribution in [0.25, 0.3) is 0 Å². The molecule has 0 N–H and O–H groups in total. The fourth-order valence-electron chi connectivity index (χ4n) is 4.18. The lowest BCUT2D eigenvalue weighted by Crippen LogP contribution is -2.69. The summed E-state index contributed by atoms with van der Waals surface area (Å²) < 4.78 is 1.58. The van der Waals surface area contributed by atoms with E-state index in [4.69, 9.17) is 9.98 Å². The Kier molecular flexibility index (Phi) is 2.07. The largest absolute Gasteiger partial charge is 0.228 e. The Morgan fingerprint density at radius 1 is 0.727 bits per heavy atom. The van der Waals surface area contributed by atoms with Gasteiger partial charge >= 0.3 is 0 Å². The average molecular weight is 290 g/mol. The van der Waals surface area contributed by atoms with Crippen LogP contribution in [0.1, 0.15) is 6.42 Å². The van der Waals surface area contributed by atoms with E-state index in [9.17, 15) is 0 Å². The lowest BCUT2D eigenvalue weighted by Gasteiger charge is -2.42. The maximum Gasteiger partial charge on any atom is 0.228 e. The van der Waals surface area contributed by atoms with Crippen LogP contribution in [-0.2, 0) is 0 Å². The molecule has 1 fully saturated rings. The van der Waals surface area contributed by atoms with Gasteiger partial charge in [0.15, 0.2) is 11.4 Å². The van der Waals surface area contributed by atoms with Crippen LogP contribution in [0, 0.1) is 0 Å². The fraction of sp³-hybridized carbons (Fsp3) is 0.222. The molecule has 4 nitrogen and oxygen atoms in total. The van der Waals surface area contributed by atoms with Gasteiger partial charge in [-0.3, -0.25) is 0 Å². The molecule has 2 atom stereocenters. The first-order valence-corrected chi connectivity index (χ1v) is 7.68. The molecular formula is C18H18N4+2. The van der Waals surface area contributed by atoms with E-state index in [1.807, 2.05) is 0 Å². The molecule has 3 heterocycles. The second-order valence-electron chi connectivity index (χ2n) is 6.73. The molecule has 0 aromatic heterocycles. The number of quaternary nitrogens is 2. The summed E-state index contributed by atoms with van der Waals surface area (Å²) in [6.07, 6.45) is 0.844. The zero-order chi connectivity index (χ0) is 14.9. The maximum atomic E-state index is 4.90. The summed E-state index contributed by atoms with van der Waals surface area (Å²) >= 11 is 0. The molecule has 0 aliphatic carbocycles. The normalized spacial score (nSPS) is 30.8. The number of hydrogen-bond donors (Lipinski definition) is 0. The highest BCUT2D eigenvalue weighted by Gasteiger charge is 2.57. The molecule has 2 unspecified atom stereocenters. The number of benzene rings is 2. The van der Waals surface area contributed by atoms with Gasteiger partial charge in [-0.1, -0.05) is 24.3 Å². The first kappa shape index (κ1) is 12.3. The van der Waals surface area contributed by atoms with Crippen molar-refractivity contribution in [3.8, 4) is 0 Å². The molecule has 1 saturated heterocycles. The lowest BCUT2D eigenvalue weighted by molar-refractivity contribution is 0.325. The van der Waals surface area contributed by atoms with Gasteiger partial charge in [-0.2, -0.15) is 19.0 Å². The molecule has 22 heavy (non-hydrogen) atoms. The van der Waals surface area contributed by atoms with E-state index in [1.165, 1.54) is 23.0 Å². The second kappa shape index (κ2) is 3.72. The zero-order valence-corrected chi connectivity index (χ0v) is 12.8. The van der Waals surface area contributed by atoms with Crippen LogP contribution in [-0.4, -0.2) is 32.4 Å². The number of amidine groups is 2. The molecule has 0 saturated carbocycles. The fourth-order valence-corrected chi connectivity index (χ4v) is 4.18. The summed E-state index contributed by atoms with van der Waals surface area (Å²) in [7, 11) is 4.57. The van der Waals surface area contributed by atoms with Crippen LogP contribution in [0.15, 0.2) is 58.5 Å².